The molecule has 5 heteroatoms. The molecule has 1 saturated carbocycles. The Morgan fingerprint density at radius 2 is 1.88 bits per heavy atom. The molecule has 0 aromatic heterocycles. The molecule has 0 bridgehead atoms. The third kappa shape index (κ3) is 4.95. The van der Waals surface area contributed by atoms with E-state index in [4.69, 9.17) is 10.5 Å². The van der Waals surface area contributed by atoms with Gasteiger partial charge < -0.3 is 20.7 Å². The molecule has 0 radical (unpaired) electrons. The van der Waals surface area contributed by atoms with Gasteiger partial charge in [-0.05, 0) is 63.6 Å². The molecular weight excluding hydrogens is 314 g/mol. The fourth-order valence-corrected chi connectivity index (χ4v) is 3.94. The van der Waals surface area contributed by atoms with E-state index in [9.17, 15) is 4.79 Å². The van der Waals surface area contributed by atoms with Crippen LogP contribution in [0.4, 0.5) is 5.69 Å². The summed E-state index contributed by atoms with van der Waals surface area (Å²) in [5.41, 5.74) is 7.75. The quantitative estimate of drug-likeness (QED) is 0.880. The number of carbonyl (C=O) groups excluding carboxylic acids is 1. The number of nitrogens with one attached hydrogen (secondary N) is 1. The highest BCUT2D eigenvalue weighted by atomic mass is 16.5. The molecule has 2 aliphatic rings. The predicted molar refractivity (Wildman–Crippen MR) is 101 cm³/mol. The Kier molecular flexibility index (Phi) is 5.97. The Morgan fingerprint density at radius 3 is 2.56 bits per heavy atom. The Labute approximate surface area is 150 Å². The van der Waals surface area contributed by atoms with Gasteiger partial charge in [-0.1, -0.05) is 6.07 Å². The molecule has 3 rings (SSSR count). The molecule has 3 N–H and O–H groups in total. The van der Waals surface area contributed by atoms with Gasteiger partial charge in [0.05, 0.1) is 12.2 Å². The molecule has 0 unspecified atom stereocenters. The summed E-state index contributed by atoms with van der Waals surface area (Å²) in [7, 11) is 0. The van der Waals surface area contributed by atoms with Gasteiger partial charge in [0.25, 0.3) is 5.91 Å². The molecule has 1 saturated heterocycles. The van der Waals surface area contributed by atoms with Crippen LogP contribution in [0.15, 0.2) is 24.3 Å². The van der Waals surface area contributed by atoms with Gasteiger partial charge in [-0.15, -0.1) is 0 Å². The molecule has 2 fully saturated rings. The van der Waals surface area contributed by atoms with Gasteiger partial charge in [-0.3, -0.25) is 4.79 Å². The number of rotatable bonds is 4. The average Bonchev–Trinajstić information content (AvgIpc) is 2.60. The normalized spacial score (nSPS) is 30.1. The molecule has 138 valence electrons. The van der Waals surface area contributed by atoms with Gasteiger partial charge in [0, 0.05) is 36.9 Å². The minimum atomic E-state index is 0.0895. The average molecular weight is 345 g/mol. The van der Waals surface area contributed by atoms with Crippen molar-refractivity contribution in [1.29, 1.82) is 0 Å². The fourth-order valence-electron chi connectivity index (χ4n) is 3.94. The Bertz CT molecular complexity index is 574. The fraction of sp³-hybridized carbons (Fsp3) is 0.650. The van der Waals surface area contributed by atoms with E-state index in [2.05, 4.69) is 5.32 Å². The number of ether oxygens (including phenoxy) is 1. The number of nitrogens with two attached hydrogens (primary N) is 1. The number of amides is 1. The van der Waals surface area contributed by atoms with Crippen molar-refractivity contribution in [2.24, 2.45) is 11.7 Å². The van der Waals surface area contributed by atoms with Crippen LogP contribution in [0, 0.1) is 5.92 Å². The molecule has 2 atom stereocenters. The van der Waals surface area contributed by atoms with E-state index >= 15 is 0 Å². The van der Waals surface area contributed by atoms with Crippen LogP contribution in [0.3, 0.4) is 0 Å². The maximum absolute atomic E-state index is 12.8. The zero-order chi connectivity index (χ0) is 17.8. The highest BCUT2D eigenvalue weighted by Gasteiger charge is 2.26. The van der Waals surface area contributed by atoms with E-state index in [1.807, 2.05) is 43.0 Å². The summed E-state index contributed by atoms with van der Waals surface area (Å²) in [6.07, 6.45) is 4.81. The zero-order valence-corrected chi connectivity index (χ0v) is 15.4. The van der Waals surface area contributed by atoms with Crippen LogP contribution in [-0.4, -0.2) is 48.7 Å². The smallest absolute Gasteiger partial charge is 0.254 e. The predicted octanol–water partition coefficient (Wildman–Crippen LogP) is 2.87. The first kappa shape index (κ1) is 18.2. The number of hydrogen-bond acceptors (Lipinski definition) is 4. The highest BCUT2D eigenvalue weighted by molar-refractivity contribution is 5.95. The van der Waals surface area contributed by atoms with Crippen molar-refractivity contribution >= 4 is 11.6 Å². The summed E-state index contributed by atoms with van der Waals surface area (Å²) in [4.78, 5) is 14.7. The molecule has 1 aromatic rings. The lowest BCUT2D eigenvalue weighted by Crippen LogP contribution is -2.48. The topological polar surface area (TPSA) is 67.6 Å². The lowest BCUT2D eigenvalue weighted by molar-refractivity contribution is -0.0586. The van der Waals surface area contributed by atoms with Crippen molar-refractivity contribution in [3.05, 3.63) is 29.8 Å². The molecule has 25 heavy (non-hydrogen) atoms. The van der Waals surface area contributed by atoms with E-state index < -0.39 is 0 Å². The van der Waals surface area contributed by atoms with Crippen molar-refractivity contribution in [3.63, 3.8) is 0 Å². The van der Waals surface area contributed by atoms with Crippen molar-refractivity contribution in [3.8, 4) is 0 Å². The standard InChI is InChI=1S/C20H31N3O2/c1-14-12-23(13-15(2)25-14)20(24)17-4-3-5-19(10-17)22-11-16-6-8-18(21)9-7-16/h3-5,10,14-16,18,22H,6-9,11-13,21H2,1-2H3/t14-,15+,16-,18-. The molecular formula is C20H31N3O2. The molecule has 1 aromatic carbocycles. The molecule has 1 heterocycles. The molecule has 0 spiro atoms. The van der Waals surface area contributed by atoms with Crippen LogP contribution in [-0.2, 0) is 4.74 Å². The third-order valence-corrected chi connectivity index (χ3v) is 5.30. The Morgan fingerprint density at radius 1 is 1.20 bits per heavy atom. The van der Waals surface area contributed by atoms with Crippen LogP contribution in [0.25, 0.3) is 0 Å². The number of hydrogen-bond donors (Lipinski definition) is 2. The molecule has 1 amide bonds. The van der Waals surface area contributed by atoms with Gasteiger partial charge in [0.15, 0.2) is 0 Å². The SMILES string of the molecule is C[C@@H]1CN(C(=O)c2cccc(NC[C@H]3CC[C@H](N)CC3)c2)C[C@H](C)O1. The maximum atomic E-state index is 12.8. The summed E-state index contributed by atoms with van der Waals surface area (Å²) in [6, 6.07) is 8.25. The van der Waals surface area contributed by atoms with Crippen LogP contribution < -0.4 is 11.1 Å². The number of anilines is 1. The number of nitrogens with zero attached hydrogens (tertiary/aromatic N) is 1. The summed E-state index contributed by atoms with van der Waals surface area (Å²) in [5, 5.41) is 3.51. The van der Waals surface area contributed by atoms with Crippen molar-refractivity contribution in [1.82, 2.24) is 4.90 Å². The number of carbonyl (C=O) groups is 1. The summed E-state index contributed by atoms with van der Waals surface area (Å²) in [6.45, 7) is 6.30. The van der Waals surface area contributed by atoms with E-state index in [1.54, 1.807) is 0 Å². The third-order valence-electron chi connectivity index (χ3n) is 5.30. The summed E-state index contributed by atoms with van der Waals surface area (Å²) >= 11 is 0. The van der Waals surface area contributed by atoms with Crippen molar-refractivity contribution in [2.75, 3.05) is 25.0 Å². The molecule has 1 aliphatic heterocycles. The van der Waals surface area contributed by atoms with Gasteiger partial charge >= 0.3 is 0 Å². The molecule has 5 nitrogen and oxygen atoms in total. The summed E-state index contributed by atoms with van der Waals surface area (Å²) < 4.78 is 5.72. The van der Waals surface area contributed by atoms with Crippen molar-refractivity contribution < 1.29 is 9.53 Å². The highest BCUT2D eigenvalue weighted by Crippen LogP contribution is 2.24. The van der Waals surface area contributed by atoms with E-state index in [1.165, 1.54) is 12.8 Å². The lowest BCUT2D eigenvalue weighted by atomic mass is 9.86. The second-order valence-electron chi connectivity index (χ2n) is 7.71. The monoisotopic (exact) mass is 345 g/mol. The zero-order valence-electron chi connectivity index (χ0n) is 15.4. The van der Waals surface area contributed by atoms with Crippen LogP contribution >= 0.6 is 0 Å². The maximum Gasteiger partial charge on any atom is 0.254 e. The van der Waals surface area contributed by atoms with Gasteiger partial charge in [0.1, 0.15) is 0 Å². The first-order valence-electron chi connectivity index (χ1n) is 9.55. The van der Waals surface area contributed by atoms with Crippen molar-refractivity contribution in [2.45, 2.75) is 57.8 Å². The van der Waals surface area contributed by atoms with E-state index in [-0.39, 0.29) is 18.1 Å². The van der Waals surface area contributed by atoms with Gasteiger partial charge in [0.2, 0.25) is 0 Å². The Hall–Kier alpha value is -1.59. The largest absolute Gasteiger partial charge is 0.385 e. The minimum absolute atomic E-state index is 0.0895. The van der Waals surface area contributed by atoms with E-state index in [0.29, 0.717) is 25.0 Å². The Balaban J connectivity index is 1.58. The van der Waals surface area contributed by atoms with E-state index in [0.717, 1.165) is 30.6 Å². The van der Waals surface area contributed by atoms with Crippen LogP contribution in [0.1, 0.15) is 49.9 Å². The first-order chi connectivity index (χ1) is 12.0. The second-order valence-corrected chi connectivity index (χ2v) is 7.71. The summed E-state index contributed by atoms with van der Waals surface area (Å²) in [5.74, 6) is 0.773. The number of benzene rings is 1. The lowest BCUT2D eigenvalue weighted by Gasteiger charge is -2.35. The first-order valence-corrected chi connectivity index (χ1v) is 9.55. The van der Waals surface area contributed by atoms with Gasteiger partial charge in [-0.2, -0.15) is 0 Å². The number of morpholine rings is 1. The van der Waals surface area contributed by atoms with Crippen LogP contribution in [0.5, 0.6) is 0 Å². The minimum Gasteiger partial charge on any atom is -0.385 e. The second kappa shape index (κ2) is 8.19. The van der Waals surface area contributed by atoms with Crippen LogP contribution in [0.2, 0.25) is 0 Å². The molecule has 1 aliphatic carbocycles. The van der Waals surface area contributed by atoms with Gasteiger partial charge in [-0.25, -0.2) is 0 Å².